The van der Waals surface area contributed by atoms with Crippen molar-refractivity contribution in [3.8, 4) is 11.1 Å². The van der Waals surface area contributed by atoms with Crippen LogP contribution < -0.4 is 0 Å². The Bertz CT molecular complexity index is 630. The fourth-order valence-electron chi connectivity index (χ4n) is 1.80. The van der Waals surface area contributed by atoms with Crippen LogP contribution in [0, 0.1) is 6.07 Å². The molecular formula is C17H15ClNO. The van der Waals surface area contributed by atoms with E-state index < -0.39 is 0 Å². The summed E-state index contributed by atoms with van der Waals surface area (Å²) in [4.78, 5) is 14.1. The SMILES string of the molecule is CN(C)C=CC(=O)c1ccc[c]c1-c1ccc(Cl)cc1. The first-order valence-electron chi connectivity index (χ1n) is 6.23. The van der Waals surface area contributed by atoms with Gasteiger partial charge in [0.2, 0.25) is 0 Å². The number of hydrogen-bond acceptors (Lipinski definition) is 2. The van der Waals surface area contributed by atoms with E-state index in [1.807, 2.05) is 55.4 Å². The van der Waals surface area contributed by atoms with E-state index in [0.29, 0.717) is 10.6 Å². The third kappa shape index (κ3) is 3.49. The van der Waals surface area contributed by atoms with Crippen LogP contribution in [-0.2, 0) is 0 Å². The average Bonchev–Trinajstić information content (AvgIpc) is 2.45. The maximum Gasteiger partial charge on any atom is 0.187 e. The molecule has 2 aromatic carbocycles. The first-order valence-corrected chi connectivity index (χ1v) is 6.61. The smallest absolute Gasteiger partial charge is 0.187 e. The third-order valence-corrected chi connectivity index (χ3v) is 3.03. The molecule has 0 N–H and O–H groups in total. The van der Waals surface area contributed by atoms with Crippen molar-refractivity contribution in [2.45, 2.75) is 0 Å². The summed E-state index contributed by atoms with van der Waals surface area (Å²) in [5.74, 6) is -0.0412. The lowest BCUT2D eigenvalue weighted by molar-refractivity contribution is 0.104. The van der Waals surface area contributed by atoms with E-state index in [9.17, 15) is 4.79 Å². The monoisotopic (exact) mass is 284 g/mol. The van der Waals surface area contributed by atoms with Crippen LogP contribution in [0.3, 0.4) is 0 Å². The molecule has 1 radical (unpaired) electrons. The van der Waals surface area contributed by atoms with Gasteiger partial charge in [0.1, 0.15) is 0 Å². The predicted octanol–water partition coefficient (Wildman–Crippen LogP) is 4.07. The normalized spacial score (nSPS) is 10.8. The number of ketones is 1. The number of carbonyl (C=O) groups excluding carboxylic acids is 1. The molecule has 0 bridgehead atoms. The van der Waals surface area contributed by atoms with Crippen molar-refractivity contribution < 1.29 is 4.79 Å². The lowest BCUT2D eigenvalue weighted by Gasteiger charge is -2.08. The molecule has 0 atom stereocenters. The molecule has 0 saturated heterocycles. The summed E-state index contributed by atoms with van der Waals surface area (Å²) < 4.78 is 0. The van der Waals surface area contributed by atoms with E-state index >= 15 is 0 Å². The van der Waals surface area contributed by atoms with Crippen molar-refractivity contribution in [2.75, 3.05) is 14.1 Å². The highest BCUT2D eigenvalue weighted by atomic mass is 35.5. The van der Waals surface area contributed by atoms with Gasteiger partial charge < -0.3 is 4.90 Å². The van der Waals surface area contributed by atoms with Gasteiger partial charge in [0, 0.05) is 42.5 Å². The van der Waals surface area contributed by atoms with Gasteiger partial charge >= 0.3 is 0 Å². The van der Waals surface area contributed by atoms with Crippen LogP contribution in [0.5, 0.6) is 0 Å². The van der Waals surface area contributed by atoms with Gasteiger partial charge in [-0.05, 0) is 23.8 Å². The number of benzene rings is 2. The Balaban J connectivity index is 2.40. The Morgan fingerprint density at radius 1 is 1.20 bits per heavy atom. The quantitative estimate of drug-likeness (QED) is 0.623. The van der Waals surface area contributed by atoms with E-state index in [0.717, 1.165) is 11.1 Å². The van der Waals surface area contributed by atoms with Crippen molar-refractivity contribution in [2.24, 2.45) is 0 Å². The zero-order valence-electron chi connectivity index (χ0n) is 11.4. The fraction of sp³-hybridized carbons (Fsp3) is 0.118. The lowest BCUT2D eigenvalue weighted by Crippen LogP contribution is -2.04. The number of rotatable bonds is 4. The van der Waals surface area contributed by atoms with E-state index in [1.54, 1.807) is 18.3 Å². The second-order valence-corrected chi connectivity index (χ2v) is 5.05. The average molecular weight is 285 g/mol. The second-order valence-electron chi connectivity index (χ2n) is 4.61. The summed E-state index contributed by atoms with van der Waals surface area (Å²) >= 11 is 5.89. The van der Waals surface area contributed by atoms with Gasteiger partial charge in [-0.2, -0.15) is 0 Å². The Morgan fingerprint density at radius 2 is 1.90 bits per heavy atom. The minimum atomic E-state index is -0.0412. The van der Waals surface area contributed by atoms with Gasteiger partial charge in [0.25, 0.3) is 0 Å². The summed E-state index contributed by atoms with van der Waals surface area (Å²) in [7, 11) is 3.75. The molecule has 2 rings (SSSR count). The highest BCUT2D eigenvalue weighted by Crippen LogP contribution is 2.25. The molecule has 0 aromatic heterocycles. The van der Waals surface area contributed by atoms with Gasteiger partial charge in [-0.1, -0.05) is 41.9 Å². The van der Waals surface area contributed by atoms with Gasteiger partial charge in [0.05, 0.1) is 0 Å². The number of halogens is 1. The first kappa shape index (κ1) is 14.4. The second kappa shape index (κ2) is 6.40. The Kier molecular flexibility index (Phi) is 4.59. The summed E-state index contributed by atoms with van der Waals surface area (Å²) in [6, 6.07) is 15.9. The molecule has 2 nitrogen and oxygen atoms in total. The van der Waals surface area contributed by atoms with Crippen molar-refractivity contribution in [1.82, 2.24) is 4.90 Å². The minimum Gasteiger partial charge on any atom is -0.383 e. The van der Waals surface area contributed by atoms with Crippen LogP contribution >= 0.6 is 11.6 Å². The molecule has 0 aliphatic rings. The van der Waals surface area contributed by atoms with E-state index in [1.165, 1.54) is 0 Å². The summed E-state index contributed by atoms with van der Waals surface area (Å²) in [6.45, 7) is 0. The highest BCUT2D eigenvalue weighted by molar-refractivity contribution is 6.30. The molecule has 0 fully saturated rings. The molecule has 101 valence electrons. The minimum absolute atomic E-state index is 0.0412. The molecule has 0 spiro atoms. The van der Waals surface area contributed by atoms with Gasteiger partial charge in [-0.3, -0.25) is 4.79 Å². The molecule has 0 amide bonds. The molecule has 20 heavy (non-hydrogen) atoms. The number of nitrogens with zero attached hydrogens (tertiary/aromatic N) is 1. The number of carbonyl (C=O) groups is 1. The molecule has 0 saturated carbocycles. The Hall–Kier alpha value is -2.06. The van der Waals surface area contributed by atoms with Gasteiger partial charge in [0.15, 0.2) is 5.78 Å². The predicted molar refractivity (Wildman–Crippen MR) is 82.9 cm³/mol. The topological polar surface area (TPSA) is 20.3 Å². The third-order valence-electron chi connectivity index (χ3n) is 2.78. The molecule has 2 aromatic rings. The Morgan fingerprint density at radius 3 is 2.55 bits per heavy atom. The van der Waals surface area contributed by atoms with Crippen molar-refractivity contribution >= 4 is 17.4 Å². The zero-order valence-corrected chi connectivity index (χ0v) is 12.2. The van der Waals surface area contributed by atoms with Crippen LogP contribution in [0.4, 0.5) is 0 Å². The van der Waals surface area contributed by atoms with E-state index in [4.69, 9.17) is 11.6 Å². The first-order chi connectivity index (χ1) is 9.58. The van der Waals surface area contributed by atoms with Crippen molar-refractivity contribution in [1.29, 1.82) is 0 Å². The number of hydrogen-bond donors (Lipinski definition) is 0. The largest absolute Gasteiger partial charge is 0.383 e. The summed E-state index contributed by atoms with van der Waals surface area (Å²) in [5, 5.41) is 0.671. The highest BCUT2D eigenvalue weighted by Gasteiger charge is 2.10. The molecule has 0 aliphatic heterocycles. The van der Waals surface area contributed by atoms with Crippen LogP contribution in [0.25, 0.3) is 11.1 Å². The molecular weight excluding hydrogens is 270 g/mol. The fourth-order valence-corrected chi connectivity index (χ4v) is 1.93. The van der Waals surface area contributed by atoms with Crippen LogP contribution in [-0.4, -0.2) is 24.8 Å². The Labute approximate surface area is 124 Å². The maximum absolute atomic E-state index is 12.3. The van der Waals surface area contributed by atoms with Crippen LogP contribution in [0.15, 0.2) is 54.7 Å². The molecule has 3 heteroatoms. The van der Waals surface area contributed by atoms with Gasteiger partial charge in [-0.15, -0.1) is 0 Å². The van der Waals surface area contributed by atoms with Gasteiger partial charge in [-0.25, -0.2) is 0 Å². The van der Waals surface area contributed by atoms with Crippen molar-refractivity contribution in [3.05, 3.63) is 71.4 Å². The molecule has 0 heterocycles. The number of allylic oxidation sites excluding steroid dienone is 1. The summed E-state index contributed by atoms with van der Waals surface area (Å²) in [5.41, 5.74) is 2.35. The lowest BCUT2D eigenvalue weighted by atomic mass is 9.97. The standard InChI is InChI=1S/C17H15ClNO/c1-19(2)12-11-17(20)16-6-4-3-5-15(16)13-7-9-14(18)10-8-13/h3-4,6-12H,1-2H3. The van der Waals surface area contributed by atoms with E-state index in [2.05, 4.69) is 6.07 Å². The maximum atomic E-state index is 12.3. The van der Waals surface area contributed by atoms with Crippen LogP contribution in [0.2, 0.25) is 5.02 Å². The zero-order chi connectivity index (χ0) is 14.5. The van der Waals surface area contributed by atoms with E-state index in [-0.39, 0.29) is 5.78 Å². The summed E-state index contributed by atoms with van der Waals surface area (Å²) in [6.07, 6.45) is 3.30. The molecule has 0 aliphatic carbocycles. The van der Waals surface area contributed by atoms with Crippen molar-refractivity contribution in [3.63, 3.8) is 0 Å². The molecule has 0 unspecified atom stereocenters. The van der Waals surface area contributed by atoms with Crippen LogP contribution in [0.1, 0.15) is 10.4 Å².